The van der Waals surface area contributed by atoms with Crippen molar-refractivity contribution in [3.8, 4) is 10.6 Å². The molecule has 2 aromatic rings. The summed E-state index contributed by atoms with van der Waals surface area (Å²) in [7, 11) is 0. The van der Waals surface area contributed by atoms with Crippen molar-refractivity contribution in [2.45, 2.75) is 6.42 Å². The Kier molecular flexibility index (Phi) is 2.29. The van der Waals surface area contributed by atoms with E-state index in [9.17, 15) is 4.79 Å². The summed E-state index contributed by atoms with van der Waals surface area (Å²) in [6.07, 6.45) is 0.468. The molecule has 0 spiro atoms. The molecular weight excluding hydrogens is 288 g/mol. The van der Waals surface area contributed by atoms with Crippen LogP contribution in [0.25, 0.3) is 10.6 Å². The predicted molar refractivity (Wildman–Crippen MR) is 67.6 cm³/mol. The Hall–Kier alpha value is -1.20. The molecule has 3 nitrogen and oxygen atoms in total. The molecule has 1 amide bonds. The lowest BCUT2D eigenvalue weighted by Crippen LogP contribution is -2.03. The molecule has 0 radical (unpaired) electrons. The number of carbonyl (C=O) groups is 1. The minimum atomic E-state index is 0.0625. The molecule has 0 fully saturated rings. The van der Waals surface area contributed by atoms with Crippen LogP contribution in [0.2, 0.25) is 0 Å². The van der Waals surface area contributed by atoms with Crippen molar-refractivity contribution in [2.75, 3.05) is 5.32 Å². The maximum Gasteiger partial charge on any atom is 0.228 e. The van der Waals surface area contributed by atoms with E-state index >= 15 is 0 Å². The molecule has 0 atom stereocenters. The lowest BCUT2D eigenvalue weighted by atomic mass is 10.1. The summed E-state index contributed by atoms with van der Waals surface area (Å²) in [5, 5.41) is 5.73. The highest BCUT2D eigenvalue weighted by Gasteiger charge is 2.18. The number of rotatable bonds is 1. The van der Waals surface area contributed by atoms with Crippen molar-refractivity contribution in [1.29, 1.82) is 0 Å². The van der Waals surface area contributed by atoms with Crippen LogP contribution in [0.4, 0.5) is 5.69 Å². The lowest BCUT2D eigenvalue weighted by molar-refractivity contribution is -0.115. The van der Waals surface area contributed by atoms with E-state index in [4.69, 9.17) is 0 Å². The Balaban J connectivity index is 2.05. The summed E-state index contributed by atoms with van der Waals surface area (Å²) < 4.78 is 0.849. The number of nitrogens with one attached hydrogen (secondary N) is 1. The fraction of sp³-hybridized carbons (Fsp3) is 0.0909. The summed E-state index contributed by atoms with van der Waals surface area (Å²) in [5.41, 5.74) is 3.03. The van der Waals surface area contributed by atoms with Gasteiger partial charge in [-0.1, -0.05) is 0 Å². The van der Waals surface area contributed by atoms with Gasteiger partial charge in [0.1, 0.15) is 9.61 Å². The second-order valence-corrected chi connectivity index (χ2v) is 5.24. The van der Waals surface area contributed by atoms with Gasteiger partial charge in [0, 0.05) is 16.6 Å². The van der Waals surface area contributed by atoms with Crippen LogP contribution in [0, 0.1) is 0 Å². The third kappa shape index (κ3) is 1.66. The van der Waals surface area contributed by atoms with Gasteiger partial charge >= 0.3 is 0 Å². The van der Waals surface area contributed by atoms with Gasteiger partial charge in [-0.25, -0.2) is 4.98 Å². The number of halogens is 1. The molecule has 0 saturated carbocycles. The Labute approximate surface area is 105 Å². The van der Waals surface area contributed by atoms with Gasteiger partial charge in [0.2, 0.25) is 5.91 Å². The first kappa shape index (κ1) is 9.99. The van der Waals surface area contributed by atoms with Gasteiger partial charge in [0.05, 0.1) is 6.42 Å². The van der Waals surface area contributed by atoms with Gasteiger partial charge in [-0.15, -0.1) is 11.3 Å². The highest BCUT2D eigenvalue weighted by Crippen LogP contribution is 2.31. The molecule has 80 valence electrons. The molecule has 1 aliphatic heterocycles. The van der Waals surface area contributed by atoms with E-state index in [1.807, 2.05) is 23.6 Å². The molecule has 16 heavy (non-hydrogen) atoms. The van der Waals surface area contributed by atoms with Crippen LogP contribution in [-0.2, 0) is 11.2 Å². The summed E-state index contributed by atoms with van der Waals surface area (Å²) in [4.78, 5) is 15.6. The number of thiazole rings is 1. The van der Waals surface area contributed by atoms with Crippen LogP contribution >= 0.6 is 27.3 Å². The van der Waals surface area contributed by atoms with Crippen LogP contribution in [0.15, 0.2) is 28.2 Å². The molecule has 2 heterocycles. The molecule has 0 bridgehead atoms. The highest BCUT2D eigenvalue weighted by atomic mass is 79.9. The Morgan fingerprint density at radius 1 is 1.44 bits per heavy atom. The van der Waals surface area contributed by atoms with Crippen molar-refractivity contribution >= 4 is 38.9 Å². The first-order chi connectivity index (χ1) is 7.72. The molecular formula is C11H7BrN2OS. The quantitative estimate of drug-likeness (QED) is 0.878. The maximum absolute atomic E-state index is 11.2. The fourth-order valence-electron chi connectivity index (χ4n) is 1.75. The standard InChI is InChI=1S/C11H7BrN2OS/c12-9-5-16-11(14-9)6-1-2-8-7(3-6)4-10(15)13-8/h1-3,5H,4H2,(H,13,15). The molecule has 0 unspecified atom stereocenters. The Morgan fingerprint density at radius 3 is 3.06 bits per heavy atom. The van der Waals surface area contributed by atoms with E-state index in [2.05, 4.69) is 26.2 Å². The number of amides is 1. The van der Waals surface area contributed by atoms with Gasteiger partial charge in [-0.2, -0.15) is 0 Å². The molecule has 3 rings (SSSR count). The van der Waals surface area contributed by atoms with Gasteiger partial charge in [-0.05, 0) is 39.7 Å². The zero-order chi connectivity index (χ0) is 11.1. The van der Waals surface area contributed by atoms with Gasteiger partial charge in [0.25, 0.3) is 0 Å². The van der Waals surface area contributed by atoms with E-state index in [0.717, 1.165) is 26.4 Å². The van der Waals surface area contributed by atoms with Gasteiger partial charge in [0.15, 0.2) is 0 Å². The van der Waals surface area contributed by atoms with Gasteiger partial charge in [-0.3, -0.25) is 4.79 Å². The van der Waals surface area contributed by atoms with Gasteiger partial charge < -0.3 is 5.32 Å². The summed E-state index contributed by atoms with van der Waals surface area (Å²) in [6, 6.07) is 5.94. The summed E-state index contributed by atoms with van der Waals surface area (Å²) in [5.74, 6) is 0.0625. The molecule has 1 aromatic heterocycles. The molecule has 0 aliphatic carbocycles. The average Bonchev–Trinajstić information content (AvgIpc) is 2.81. The van der Waals surface area contributed by atoms with E-state index in [0.29, 0.717) is 6.42 Å². The zero-order valence-corrected chi connectivity index (χ0v) is 10.6. The van der Waals surface area contributed by atoms with E-state index in [1.54, 1.807) is 11.3 Å². The fourth-order valence-corrected chi connectivity index (χ4v) is 3.00. The van der Waals surface area contributed by atoms with Crippen molar-refractivity contribution in [3.05, 3.63) is 33.7 Å². The Morgan fingerprint density at radius 2 is 2.31 bits per heavy atom. The maximum atomic E-state index is 11.2. The number of hydrogen-bond donors (Lipinski definition) is 1. The van der Waals surface area contributed by atoms with Crippen molar-refractivity contribution in [2.24, 2.45) is 0 Å². The first-order valence-electron chi connectivity index (χ1n) is 4.76. The number of nitrogens with zero attached hydrogens (tertiary/aromatic N) is 1. The van der Waals surface area contributed by atoms with Crippen molar-refractivity contribution in [3.63, 3.8) is 0 Å². The van der Waals surface area contributed by atoms with Crippen molar-refractivity contribution in [1.82, 2.24) is 4.98 Å². The minimum Gasteiger partial charge on any atom is -0.326 e. The Bertz CT molecular complexity index is 579. The normalized spacial score (nSPS) is 13.7. The third-order valence-electron chi connectivity index (χ3n) is 2.45. The lowest BCUT2D eigenvalue weighted by Gasteiger charge is -2.00. The van der Waals surface area contributed by atoms with E-state index < -0.39 is 0 Å². The van der Waals surface area contributed by atoms with Crippen molar-refractivity contribution < 1.29 is 4.79 Å². The molecule has 1 aliphatic rings. The number of benzene rings is 1. The zero-order valence-electron chi connectivity index (χ0n) is 8.16. The number of aromatic nitrogens is 1. The van der Waals surface area contributed by atoms with E-state index in [-0.39, 0.29) is 5.91 Å². The highest BCUT2D eigenvalue weighted by molar-refractivity contribution is 9.10. The summed E-state index contributed by atoms with van der Waals surface area (Å²) in [6.45, 7) is 0. The van der Waals surface area contributed by atoms with Crippen LogP contribution in [0.5, 0.6) is 0 Å². The topological polar surface area (TPSA) is 42.0 Å². The second kappa shape index (κ2) is 3.68. The predicted octanol–water partition coefficient (Wildman–Crippen LogP) is 3.07. The first-order valence-corrected chi connectivity index (χ1v) is 6.44. The van der Waals surface area contributed by atoms with E-state index in [1.165, 1.54) is 0 Å². The van der Waals surface area contributed by atoms with Crippen LogP contribution < -0.4 is 5.32 Å². The van der Waals surface area contributed by atoms with Crippen LogP contribution in [0.3, 0.4) is 0 Å². The molecule has 0 saturated heterocycles. The largest absolute Gasteiger partial charge is 0.326 e. The SMILES string of the molecule is O=C1Cc2cc(-c3nc(Br)cs3)ccc2N1. The average molecular weight is 295 g/mol. The number of hydrogen-bond acceptors (Lipinski definition) is 3. The number of anilines is 1. The number of fused-ring (bicyclic) bond motifs is 1. The summed E-state index contributed by atoms with van der Waals surface area (Å²) >= 11 is 4.92. The molecule has 1 aromatic carbocycles. The van der Waals surface area contributed by atoms with Crippen LogP contribution in [-0.4, -0.2) is 10.9 Å². The van der Waals surface area contributed by atoms with Crippen LogP contribution in [0.1, 0.15) is 5.56 Å². The third-order valence-corrected chi connectivity index (χ3v) is 4.05. The molecule has 5 heteroatoms. The smallest absolute Gasteiger partial charge is 0.228 e. The molecule has 1 N–H and O–H groups in total. The second-order valence-electron chi connectivity index (χ2n) is 3.57. The monoisotopic (exact) mass is 294 g/mol. The minimum absolute atomic E-state index is 0.0625. The number of carbonyl (C=O) groups excluding carboxylic acids is 1.